The topological polar surface area (TPSA) is 114 Å². The number of hydrogen-bond donors (Lipinski definition) is 3. The van der Waals surface area contributed by atoms with E-state index in [9.17, 15) is 23.6 Å². The average molecular weight is 385 g/mol. The first kappa shape index (κ1) is 21.4. The summed E-state index contributed by atoms with van der Waals surface area (Å²) < 4.78 is 17.4. The maximum atomic E-state index is 12.8. The van der Waals surface area contributed by atoms with E-state index in [2.05, 4.69) is 10.6 Å². The molecule has 0 spiro atoms. The highest BCUT2D eigenvalue weighted by Crippen LogP contribution is 2.09. The van der Waals surface area contributed by atoms with E-state index in [4.69, 9.17) is 4.74 Å². The highest BCUT2D eigenvalue weighted by atomic mass is 32.2. The molecule has 0 aliphatic carbocycles. The van der Waals surface area contributed by atoms with Crippen LogP contribution in [0.2, 0.25) is 0 Å². The lowest BCUT2D eigenvalue weighted by molar-refractivity contribution is -0.145. The second-order valence-electron chi connectivity index (χ2n) is 5.38. The lowest BCUT2D eigenvalue weighted by Gasteiger charge is -2.09. The molecule has 0 aliphatic heterocycles. The molecule has 1 aromatic carbocycles. The fraction of sp³-hybridized carbons (Fsp3) is 0.375. The summed E-state index contributed by atoms with van der Waals surface area (Å²) in [5.41, 5.74) is 0.441. The van der Waals surface area contributed by atoms with Crippen LogP contribution in [0, 0.1) is 5.82 Å². The van der Waals surface area contributed by atoms with Crippen LogP contribution in [0.5, 0.6) is 0 Å². The van der Waals surface area contributed by atoms with E-state index in [-0.39, 0.29) is 23.5 Å². The molecule has 0 bridgehead atoms. The Kier molecular flexibility index (Phi) is 9.13. The van der Waals surface area contributed by atoms with Crippen molar-refractivity contribution in [2.75, 3.05) is 23.4 Å². The molecule has 0 saturated heterocycles. The number of anilines is 1. The number of benzene rings is 1. The molecular weight excluding hydrogens is 365 g/mol. The number of carbonyl (C=O) groups is 4. The monoisotopic (exact) mass is 385 g/mol. The number of amides is 4. The molecule has 26 heavy (non-hydrogen) atoms. The molecular formula is C16H20FN3O5S. The Balaban J connectivity index is 2.17. The summed E-state index contributed by atoms with van der Waals surface area (Å²) >= 11 is 0.994. The Hall–Kier alpha value is -2.62. The number of rotatable bonds is 8. The number of hydrogen-bond acceptors (Lipinski definition) is 6. The van der Waals surface area contributed by atoms with Crippen LogP contribution >= 0.6 is 11.8 Å². The van der Waals surface area contributed by atoms with E-state index >= 15 is 0 Å². The Morgan fingerprint density at radius 3 is 2.35 bits per heavy atom. The van der Waals surface area contributed by atoms with Crippen molar-refractivity contribution in [1.82, 2.24) is 10.6 Å². The third-order valence-corrected chi connectivity index (χ3v) is 3.52. The third kappa shape index (κ3) is 9.62. The minimum atomic E-state index is -0.754. The molecule has 0 aromatic heterocycles. The van der Waals surface area contributed by atoms with Crippen LogP contribution in [0.4, 0.5) is 14.9 Å². The summed E-state index contributed by atoms with van der Waals surface area (Å²) in [6.45, 7) is 2.87. The van der Waals surface area contributed by atoms with Gasteiger partial charge in [0, 0.05) is 11.7 Å². The zero-order chi connectivity index (χ0) is 19.5. The molecule has 142 valence electrons. The smallest absolute Gasteiger partial charge is 0.321 e. The second kappa shape index (κ2) is 11.1. The van der Waals surface area contributed by atoms with Gasteiger partial charge in [0.05, 0.1) is 11.5 Å². The van der Waals surface area contributed by atoms with Gasteiger partial charge in [-0.25, -0.2) is 9.18 Å². The lowest BCUT2D eigenvalue weighted by Crippen LogP contribution is -2.44. The molecule has 0 saturated carbocycles. The van der Waals surface area contributed by atoms with Gasteiger partial charge in [0.1, 0.15) is 5.82 Å². The van der Waals surface area contributed by atoms with Crippen molar-refractivity contribution >= 4 is 41.3 Å². The number of ether oxygens (including phenoxy) is 1. The molecule has 0 radical (unpaired) electrons. The van der Waals surface area contributed by atoms with Gasteiger partial charge in [0.15, 0.2) is 6.61 Å². The quantitative estimate of drug-likeness (QED) is 0.581. The largest absolute Gasteiger partial charge is 0.455 e. The van der Waals surface area contributed by atoms with Gasteiger partial charge in [-0.1, -0.05) is 0 Å². The van der Waals surface area contributed by atoms with Crippen LogP contribution in [0.1, 0.15) is 13.8 Å². The second-order valence-corrected chi connectivity index (χ2v) is 6.37. The van der Waals surface area contributed by atoms with E-state index in [1.807, 2.05) is 5.32 Å². The predicted octanol–water partition coefficient (Wildman–Crippen LogP) is 1.27. The van der Waals surface area contributed by atoms with Crippen LogP contribution < -0.4 is 16.0 Å². The van der Waals surface area contributed by atoms with Crippen molar-refractivity contribution in [1.29, 1.82) is 0 Å². The number of esters is 1. The van der Waals surface area contributed by atoms with Crippen LogP contribution in [0.15, 0.2) is 24.3 Å². The van der Waals surface area contributed by atoms with Gasteiger partial charge >= 0.3 is 12.0 Å². The SMILES string of the molecule is CC(C)NC(=O)NC(=O)COC(=O)CSCC(=O)Nc1ccc(F)cc1. The Morgan fingerprint density at radius 2 is 1.73 bits per heavy atom. The van der Waals surface area contributed by atoms with Gasteiger partial charge in [0.25, 0.3) is 5.91 Å². The van der Waals surface area contributed by atoms with E-state index in [1.165, 1.54) is 24.3 Å². The average Bonchev–Trinajstić information content (AvgIpc) is 2.54. The van der Waals surface area contributed by atoms with Gasteiger partial charge in [0.2, 0.25) is 5.91 Å². The molecule has 0 heterocycles. The molecule has 0 aliphatic rings. The normalized spacial score (nSPS) is 10.2. The minimum absolute atomic E-state index is 0.0184. The number of halogens is 1. The van der Waals surface area contributed by atoms with E-state index in [0.29, 0.717) is 5.69 Å². The Labute approximate surface area is 154 Å². The van der Waals surface area contributed by atoms with Crippen molar-refractivity contribution in [2.45, 2.75) is 19.9 Å². The van der Waals surface area contributed by atoms with Crippen molar-refractivity contribution in [3.05, 3.63) is 30.1 Å². The Bertz CT molecular complexity index is 652. The summed E-state index contributed by atoms with van der Waals surface area (Å²) in [4.78, 5) is 45.8. The Morgan fingerprint density at radius 1 is 1.08 bits per heavy atom. The number of imide groups is 1. The summed E-state index contributed by atoms with van der Waals surface area (Å²) in [6, 6.07) is 4.45. The molecule has 1 rings (SSSR count). The van der Waals surface area contributed by atoms with Crippen LogP contribution in [0.25, 0.3) is 0 Å². The number of nitrogens with one attached hydrogen (secondary N) is 3. The van der Waals surface area contributed by atoms with Gasteiger partial charge in [-0.2, -0.15) is 0 Å². The number of carbonyl (C=O) groups excluding carboxylic acids is 4. The van der Waals surface area contributed by atoms with Crippen molar-refractivity contribution < 1.29 is 28.3 Å². The number of urea groups is 1. The minimum Gasteiger partial charge on any atom is -0.455 e. The fourth-order valence-corrected chi connectivity index (χ4v) is 2.22. The van der Waals surface area contributed by atoms with Crippen LogP contribution in [-0.4, -0.2) is 48.0 Å². The molecule has 10 heteroatoms. The van der Waals surface area contributed by atoms with Gasteiger partial charge in [-0.3, -0.25) is 19.7 Å². The standard InChI is InChI=1S/C16H20FN3O5S/c1-10(2)18-16(24)20-13(21)7-25-15(23)9-26-8-14(22)19-12-5-3-11(17)4-6-12/h3-6,10H,7-9H2,1-2H3,(H,19,22)(H2,18,20,21,24). The predicted molar refractivity (Wildman–Crippen MR) is 95.1 cm³/mol. The molecule has 8 nitrogen and oxygen atoms in total. The summed E-state index contributed by atoms with van der Waals surface area (Å²) in [6.07, 6.45) is 0. The first-order valence-corrected chi connectivity index (χ1v) is 8.81. The van der Waals surface area contributed by atoms with E-state index in [0.717, 1.165) is 11.8 Å². The van der Waals surface area contributed by atoms with Gasteiger partial charge in [-0.05, 0) is 38.1 Å². The molecule has 3 N–H and O–H groups in total. The van der Waals surface area contributed by atoms with Crippen molar-refractivity contribution in [3.63, 3.8) is 0 Å². The molecule has 0 fully saturated rings. The molecule has 0 atom stereocenters. The van der Waals surface area contributed by atoms with Crippen LogP contribution in [-0.2, 0) is 19.1 Å². The van der Waals surface area contributed by atoms with E-state index in [1.54, 1.807) is 13.8 Å². The number of thioether (sulfide) groups is 1. The molecule has 0 unspecified atom stereocenters. The summed E-state index contributed by atoms with van der Waals surface area (Å²) in [5.74, 6) is -2.37. The van der Waals surface area contributed by atoms with Gasteiger partial charge in [-0.15, -0.1) is 11.8 Å². The first-order valence-electron chi connectivity index (χ1n) is 7.65. The lowest BCUT2D eigenvalue weighted by atomic mass is 10.3. The third-order valence-electron chi connectivity index (χ3n) is 2.62. The summed E-state index contributed by atoms with van der Waals surface area (Å²) in [7, 11) is 0. The maximum Gasteiger partial charge on any atom is 0.321 e. The zero-order valence-corrected chi connectivity index (χ0v) is 15.2. The van der Waals surface area contributed by atoms with E-state index < -0.39 is 30.3 Å². The first-order chi connectivity index (χ1) is 12.3. The molecule has 1 aromatic rings. The fourth-order valence-electron chi connectivity index (χ4n) is 1.61. The highest BCUT2D eigenvalue weighted by Gasteiger charge is 2.12. The van der Waals surface area contributed by atoms with Crippen molar-refractivity contribution in [2.24, 2.45) is 0 Å². The zero-order valence-electron chi connectivity index (χ0n) is 14.3. The van der Waals surface area contributed by atoms with Crippen LogP contribution in [0.3, 0.4) is 0 Å². The molecule has 4 amide bonds. The highest BCUT2D eigenvalue weighted by molar-refractivity contribution is 8.00. The summed E-state index contributed by atoms with van der Waals surface area (Å²) in [5, 5.41) is 7.00. The van der Waals surface area contributed by atoms with Gasteiger partial charge < -0.3 is 15.4 Å². The maximum absolute atomic E-state index is 12.8. The van der Waals surface area contributed by atoms with Crippen molar-refractivity contribution in [3.8, 4) is 0 Å².